The minimum atomic E-state index is 0.239. The van der Waals surface area contributed by atoms with Gasteiger partial charge in [0.1, 0.15) is 11.6 Å². The maximum absolute atomic E-state index is 5.07. The fourth-order valence-corrected chi connectivity index (χ4v) is 2.15. The lowest BCUT2D eigenvalue weighted by Crippen LogP contribution is -2.13. The standard InChI is InChI=1S/C17H19N5O/c1-11(2)18-17-19-14(13-7-5-4-6-8-13)10-15(21-17)20-16-9-12(3)23-22-16/h4-11H,1-3H3,(H2,18,19,20,21,22). The lowest BCUT2D eigenvalue weighted by molar-refractivity contribution is 0.400. The Morgan fingerprint density at radius 2 is 1.78 bits per heavy atom. The summed E-state index contributed by atoms with van der Waals surface area (Å²) in [6, 6.07) is 13.9. The number of anilines is 3. The Morgan fingerprint density at radius 3 is 2.43 bits per heavy atom. The second-order valence-corrected chi connectivity index (χ2v) is 5.57. The van der Waals surface area contributed by atoms with Crippen molar-refractivity contribution in [2.45, 2.75) is 26.8 Å². The topological polar surface area (TPSA) is 75.9 Å². The van der Waals surface area contributed by atoms with Crippen LogP contribution in [0.4, 0.5) is 17.6 Å². The molecule has 2 aromatic heterocycles. The third kappa shape index (κ3) is 3.85. The van der Waals surface area contributed by atoms with Crippen molar-refractivity contribution in [3.05, 3.63) is 48.2 Å². The van der Waals surface area contributed by atoms with Gasteiger partial charge in [-0.25, -0.2) is 4.98 Å². The molecule has 0 aliphatic carbocycles. The number of rotatable bonds is 5. The van der Waals surface area contributed by atoms with Crippen molar-refractivity contribution in [3.63, 3.8) is 0 Å². The van der Waals surface area contributed by atoms with Gasteiger partial charge in [0.05, 0.1) is 5.69 Å². The summed E-state index contributed by atoms with van der Waals surface area (Å²) in [6.07, 6.45) is 0. The molecule has 0 unspecified atom stereocenters. The van der Waals surface area contributed by atoms with Crippen molar-refractivity contribution in [2.24, 2.45) is 0 Å². The highest BCUT2D eigenvalue weighted by molar-refractivity contribution is 5.66. The predicted molar refractivity (Wildman–Crippen MR) is 90.7 cm³/mol. The van der Waals surface area contributed by atoms with Crippen molar-refractivity contribution in [1.29, 1.82) is 0 Å². The molecule has 0 atom stereocenters. The van der Waals surface area contributed by atoms with Gasteiger partial charge in [-0.3, -0.25) is 0 Å². The molecule has 0 aliphatic heterocycles. The number of benzene rings is 1. The van der Waals surface area contributed by atoms with Gasteiger partial charge in [0.2, 0.25) is 5.95 Å². The van der Waals surface area contributed by atoms with Crippen molar-refractivity contribution < 1.29 is 4.52 Å². The van der Waals surface area contributed by atoms with Gasteiger partial charge < -0.3 is 15.2 Å². The molecule has 0 aliphatic rings. The van der Waals surface area contributed by atoms with E-state index >= 15 is 0 Å². The smallest absolute Gasteiger partial charge is 0.225 e. The van der Waals surface area contributed by atoms with Crippen LogP contribution in [0.2, 0.25) is 0 Å². The first kappa shape index (κ1) is 15.0. The van der Waals surface area contributed by atoms with Gasteiger partial charge in [-0.1, -0.05) is 35.5 Å². The predicted octanol–water partition coefficient (Wildman–Crippen LogP) is 4.00. The zero-order valence-electron chi connectivity index (χ0n) is 13.4. The second-order valence-electron chi connectivity index (χ2n) is 5.57. The molecule has 118 valence electrons. The van der Waals surface area contributed by atoms with Crippen LogP contribution in [-0.2, 0) is 0 Å². The van der Waals surface area contributed by atoms with Crippen LogP contribution in [-0.4, -0.2) is 21.2 Å². The Bertz CT molecular complexity index is 783. The molecule has 0 bridgehead atoms. The van der Waals surface area contributed by atoms with Gasteiger partial charge in [0.15, 0.2) is 5.82 Å². The van der Waals surface area contributed by atoms with Crippen LogP contribution in [0.3, 0.4) is 0 Å². The Kier molecular flexibility index (Phi) is 4.23. The van der Waals surface area contributed by atoms with Crippen LogP contribution >= 0.6 is 0 Å². The minimum Gasteiger partial charge on any atom is -0.360 e. The van der Waals surface area contributed by atoms with E-state index in [1.165, 1.54) is 0 Å². The monoisotopic (exact) mass is 309 g/mol. The molecule has 2 N–H and O–H groups in total. The fraction of sp³-hybridized carbons (Fsp3) is 0.235. The molecule has 2 heterocycles. The highest BCUT2D eigenvalue weighted by Gasteiger charge is 2.09. The van der Waals surface area contributed by atoms with E-state index in [-0.39, 0.29) is 6.04 Å². The highest BCUT2D eigenvalue weighted by Crippen LogP contribution is 2.23. The van der Waals surface area contributed by atoms with E-state index in [1.807, 2.05) is 63.2 Å². The van der Waals surface area contributed by atoms with Crippen LogP contribution < -0.4 is 10.6 Å². The number of aromatic nitrogens is 3. The molecule has 3 aromatic rings. The van der Waals surface area contributed by atoms with E-state index in [1.54, 1.807) is 0 Å². The average Bonchev–Trinajstić information content (AvgIpc) is 2.92. The zero-order chi connectivity index (χ0) is 16.2. The Balaban J connectivity index is 1.97. The summed E-state index contributed by atoms with van der Waals surface area (Å²) in [5, 5.41) is 10.3. The molecule has 0 radical (unpaired) electrons. The first-order valence-corrected chi connectivity index (χ1v) is 7.51. The summed E-state index contributed by atoms with van der Waals surface area (Å²) in [7, 11) is 0. The third-order valence-corrected chi connectivity index (χ3v) is 3.10. The molecule has 0 saturated carbocycles. The molecule has 0 saturated heterocycles. The lowest BCUT2D eigenvalue weighted by atomic mass is 10.1. The molecule has 3 rings (SSSR count). The summed E-state index contributed by atoms with van der Waals surface area (Å²) < 4.78 is 5.07. The summed E-state index contributed by atoms with van der Waals surface area (Å²) in [6.45, 7) is 5.94. The van der Waals surface area contributed by atoms with Crippen molar-refractivity contribution in [2.75, 3.05) is 10.6 Å². The average molecular weight is 309 g/mol. The summed E-state index contributed by atoms with van der Waals surface area (Å²) in [5.41, 5.74) is 1.87. The van der Waals surface area contributed by atoms with Gasteiger partial charge in [-0.05, 0) is 20.8 Å². The minimum absolute atomic E-state index is 0.239. The molecule has 0 amide bonds. The van der Waals surface area contributed by atoms with Crippen LogP contribution in [0.5, 0.6) is 0 Å². The highest BCUT2D eigenvalue weighted by atomic mass is 16.5. The first-order valence-electron chi connectivity index (χ1n) is 7.51. The van der Waals surface area contributed by atoms with E-state index in [0.717, 1.165) is 17.0 Å². The zero-order valence-corrected chi connectivity index (χ0v) is 13.4. The van der Waals surface area contributed by atoms with Crippen LogP contribution in [0.1, 0.15) is 19.6 Å². The fourth-order valence-electron chi connectivity index (χ4n) is 2.15. The van der Waals surface area contributed by atoms with Crippen LogP contribution in [0, 0.1) is 6.92 Å². The quantitative estimate of drug-likeness (QED) is 0.742. The molecule has 0 spiro atoms. The van der Waals surface area contributed by atoms with E-state index in [4.69, 9.17) is 4.52 Å². The van der Waals surface area contributed by atoms with Crippen LogP contribution in [0.15, 0.2) is 47.0 Å². The van der Waals surface area contributed by atoms with Gasteiger partial charge in [-0.15, -0.1) is 0 Å². The largest absolute Gasteiger partial charge is 0.360 e. The molecule has 6 heteroatoms. The van der Waals surface area contributed by atoms with E-state index in [2.05, 4.69) is 25.8 Å². The normalized spacial score (nSPS) is 10.8. The van der Waals surface area contributed by atoms with Crippen LogP contribution in [0.25, 0.3) is 11.3 Å². The molecule has 1 aromatic carbocycles. The lowest BCUT2D eigenvalue weighted by Gasteiger charge is -2.12. The summed E-state index contributed by atoms with van der Waals surface area (Å²) >= 11 is 0. The summed E-state index contributed by atoms with van der Waals surface area (Å²) in [4.78, 5) is 9.07. The number of hydrogen-bond acceptors (Lipinski definition) is 6. The van der Waals surface area contributed by atoms with Gasteiger partial charge in [-0.2, -0.15) is 4.98 Å². The molecule has 23 heavy (non-hydrogen) atoms. The maximum atomic E-state index is 5.07. The second kappa shape index (κ2) is 6.48. The van der Waals surface area contributed by atoms with Gasteiger partial charge >= 0.3 is 0 Å². The van der Waals surface area contributed by atoms with Gasteiger partial charge in [0, 0.05) is 23.7 Å². The SMILES string of the molecule is Cc1cc(Nc2cc(-c3ccccc3)nc(NC(C)C)n2)no1. The summed E-state index contributed by atoms with van der Waals surface area (Å²) in [5.74, 6) is 2.60. The maximum Gasteiger partial charge on any atom is 0.225 e. The molecular weight excluding hydrogens is 290 g/mol. The Morgan fingerprint density at radius 1 is 1.00 bits per heavy atom. The van der Waals surface area contributed by atoms with Crippen molar-refractivity contribution >= 4 is 17.6 Å². The molecule has 6 nitrogen and oxygen atoms in total. The van der Waals surface area contributed by atoms with Crippen molar-refractivity contribution in [1.82, 2.24) is 15.1 Å². The number of aryl methyl sites for hydroxylation is 1. The van der Waals surface area contributed by atoms with E-state index < -0.39 is 0 Å². The van der Waals surface area contributed by atoms with Crippen molar-refractivity contribution in [3.8, 4) is 11.3 Å². The Labute approximate surface area is 135 Å². The molecular formula is C17H19N5O. The first-order chi connectivity index (χ1) is 11.1. The van der Waals surface area contributed by atoms with E-state index in [9.17, 15) is 0 Å². The number of nitrogens with one attached hydrogen (secondary N) is 2. The third-order valence-electron chi connectivity index (χ3n) is 3.10. The van der Waals surface area contributed by atoms with Gasteiger partial charge in [0.25, 0.3) is 0 Å². The number of nitrogens with zero attached hydrogens (tertiary/aromatic N) is 3. The van der Waals surface area contributed by atoms with E-state index in [0.29, 0.717) is 17.6 Å². The number of hydrogen-bond donors (Lipinski definition) is 2. The molecule has 0 fully saturated rings. The Hall–Kier alpha value is -2.89.